The molecule has 0 aliphatic heterocycles. The lowest BCUT2D eigenvalue weighted by Gasteiger charge is -2.09. The van der Waals surface area contributed by atoms with Crippen LogP contribution in [0, 0.1) is 6.92 Å². The molecule has 0 saturated heterocycles. The molecule has 2 aromatic carbocycles. The Labute approximate surface area is 122 Å². The van der Waals surface area contributed by atoms with Gasteiger partial charge in [0, 0.05) is 33.9 Å². The second-order valence-corrected chi connectivity index (χ2v) is 6.25. The van der Waals surface area contributed by atoms with Crippen molar-refractivity contribution in [2.75, 3.05) is 12.8 Å². The molecule has 0 aromatic heterocycles. The van der Waals surface area contributed by atoms with Crippen molar-refractivity contribution < 1.29 is 8.95 Å². The van der Waals surface area contributed by atoms with Crippen molar-refractivity contribution in [3.05, 3.63) is 59.2 Å². The molecule has 0 aliphatic rings. The van der Waals surface area contributed by atoms with Crippen molar-refractivity contribution in [2.24, 2.45) is 0 Å². The topological polar surface area (TPSA) is 52.3 Å². The summed E-state index contributed by atoms with van der Waals surface area (Å²) in [5.74, 6) is 1.72. The van der Waals surface area contributed by atoms with Crippen molar-refractivity contribution >= 4 is 16.5 Å². The minimum Gasteiger partial charge on any atom is -0.496 e. The average molecular weight is 289 g/mol. The number of nitrogen functional groups attached to an aromatic ring is 1. The predicted octanol–water partition coefficient (Wildman–Crippen LogP) is 3.03. The number of benzene rings is 2. The van der Waals surface area contributed by atoms with Crippen molar-refractivity contribution in [3.63, 3.8) is 0 Å². The van der Waals surface area contributed by atoms with Gasteiger partial charge < -0.3 is 10.5 Å². The minimum atomic E-state index is -0.970. The summed E-state index contributed by atoms with van der Waals surface area (Å²) in [4.78, 5) is 0. The molecule has 20 heavy (non-hydrogen) atoms. The molecule has 0 spiro atoms. The van der Waals surface area contributed by atoms with Crippen molar-refractivity contribution in [2.45, 2.75) is 18.4 Å². The van der Waals surface area contributed by atoms with Gasteiger partial charge in [0.25, 0.3) is 0 Å². The van der Waals surface area contributed by atoms with Gasteiger partial charge in [-0.3, -0.25) is 4.21 Å². The Bertz CT molecular complexity index is 626. The van der Waals surface area contributed by atoms with E-state index in [0.29, 0.717) is 22.9 Å². The highest BCUT2D eigenvalue weighted by Crippen LogP contribution is 2.23. The van der Waals surface area contributed by atoms with Crippen LogP contribution in [-0.2, 0) is 22.3 Å². The molecule has 0 bridgehead atoms. The summed E-state index contributed by atoms with van der Waals surface area (Å²) >= 11 is 0. The molecule has 3 nitrogen and oxygen atoms in total. The van der Waals surface area contributed by atoms with E-state index in [2.05, 4.69) is 6.07 Å². The van der Waals surface area contributed by atoms with Gasteiger partial charge >= 0.3 is 0 Å². The number of nitrogens with two attached hydrogens (primary N) is 1. The van der Waals surface area contributed by atoms with E-state index in [4.69, 9.17) is 10.5 Å². The van der Waals surface area contributed by atoms with Crippen molar-refractivity contribution in [1.29, 1.82) is 0 Å². The molecule has 0 aliphatic carbocycles. The van der Waals surface area contributed by atoms with Gasteiger partial charge in [0.2, 0.25) is 0 Å². The summed E-state index contributed by atoms with van der Waals surface area (Å²) in [7, 11) is 0.629. The van der Waals surface area contributed by atoms with Crippen LogP contribution in [0.1, 0.15) is 16.7 Å². The van der Waals surface area contributed by atoms with Crippen LogP contribution in [0.3, 0.4) is 0 Å². The van der Waals surface area contributed by atoms with Crippen LogP contribution in [0.15, 0.2) is 42.5 Å². The number of anilines is 1. The smallest absolute Gasteiger partial charge is 0.125 e. The second-order valence-electron chi connectivity index (χ2n) is 4.79. The first-order valence-electron chi connectivity index (χ1n) is 6.41. The number of methoxy groups -OCH3 is 1. The second kappa shape index (κ2) is 6.57. The lowest BCUT2D eigenvalue weighted by molar-refractivity contribution is 0.411. The van der Waals surface area contributed by atoms with Gasteiger partial charge in [0.05, 0.1) is 12.9 Å². The summed E-state index contributed by atoms with van der Waals surface area (Å²) in [6.07, 6.45) is 0. The SMILES string of the molecule is COc1cc(N)ccc1CS(=O)Cc1cccc(C)c1. The van der Waals surface area contributed by atoms with Crippen LogP contribution >= 0.6 is 0 Å². The molecule has 0 heterocycles. The first-order valence-corrected chi connectivity index (χ1v) is 7.90. The molecule has 2 N–H and O–H groups in total. The third-order valence-electron chi connectivity index (χ3n) is 3.04. The molecular formula is C16H19NO2S. The van der Waals surface area contributed by atoms with Gasteiger partial charge in [-0.05, 0) is 18.6 Å². The zero-order valence-corrected chi connectivity index (χ0v) is 12.6. The van der Waals surface area contributed by atoms with Crippen LogP contribution < -0.4 is 10.5 Å². The highest BCUT2D eigenvalue weighted by atomic mass is 32.2. The van der Waals surface area contributed by atoms with Gasteiger partial charge in [0.1, 0.15) is 5.75 Å². The molecule has 0 amide bonds. The molecule has 2 rings (SSSR count). The third-order valence-corrected chi connectivity index (χ3v) is 4.33. The number of hydrogen-bond donors (Lipinski definition) is 1. The zero-order valence-electron chi connectivity index (χ0n) is 11.8. The molecular weight excluding hydrogens is 270 g/mol. The Kier molecular flexibility index (Phi) is 4.79. The monoisotopic (exact) mass is 289 g/mol. The Morgan fingerprint density at radius 2 is 1.95 bits per heavy atom. The zero-order chi connectivity index (χ0) is 14.5. The predicted molar refractivity (Wildman–Crippen MR) is 84.1 cm³/mol. The van der Waals surface area contributed by atoms with E-state index in [-0.39, 0.29) is 0 Å². The molecule has 106 valence electrons. The highest BCUT2D eigenvalue weighted by molar-refractivity contribution is 7.83. The van der Waals surface area contributed by atoms with Crippen LogP contribution in [0.2, 0.25) is 0 Å². The van der Waals surface area contributed by atoms with E-state index >= 15 is 0 Å². The minimum absolute atomic E-state index is 0.470. The van der Waals surface area contributed by atoms with Gasteiger partial charge in [-0.15, -0.1) is 0 Å². The average Bonchev–Trinajstić information content (AvgIpc) is 2.40. The summed E-state index contributed by atoms with van der Waals surface area (Å²) in [6, 6.07) is 13.5. The molecule has 0 fully saturated rings. The normalized spacial score (nSPS) is 12.1. The van der Waals surface area contributed by atoms with Crippen molar-refractivity contribution in [3.8, 4) is 5.75 Å². The van der Waals surface area contributed by atoms with E-state index < -0.39 is 10.8 Å². The fourth-order valence-corrected chi connectivity index (χ4v) is 3.33. The van der Waals surface area contributed by atoms with Gasteiger partial charge in [-0.2, -0.15) is 0 Å². The maximum atomic E-state index is 12.3. The summed E-state index contributed by atoms with van der Waals surface area (Å²) in [6.45, 7) is 2.04. The molecule has 2 aromatic rings. The van der Waals surface area contributed by atoms with E-state index in [9.17, 15) is 4.21 Å². The van der Waals surface area contributed by atoms with Crippen LogP contribution in [0.25, 0.3) is 0 Å². The van der Waals surface area contributed by atoms with E-state index in [1.165, 1.54) is 5.56 Å². The summed E-state index contributed by atoms with van der Waals surface area (Å²) in [5, 5.41) is 0. The van der Waals surface area contributed by atoms with Crippen molar-refractivity contribution in [1.82, 2.24) is 0 Å². The number of hydrogen-bond acceptors (Lipinski definition) is 3. The first kappa shape index (κ1) is 14.6. The van der Waals surface area contributed by atoms with Gasteiger partial charge in [0.15, 0.2) is 0 Å². The molecule has 1 atom stereocenters. The number of rotatable bonds is 5. The maximum Gasteiger partial charge on any atom is 0.125 e. The van der Waals surface area contributed by atoms with E-state index in [1.54, 1.807) is 13.2 Å². The fraction of sp³-hybridized carbons (Fsp3) is 0.250. The lowest BCUT2D eigenvalue weighted by Crippen LogP contribution is -2.02. The summed E-state index contributed by atoms with van der Waals surface area (Å²) in [5.41, 5.74) is 9.57. The first-order chi connectivity index (χ1) is 9.58. The Balaban J connectivity index is 2.08. The standard InChI is InChI=1S/C16H19NO2S/c1-12-4-3-5-13(8-12)10-20(18)11-14-6-7-15(17)9-16(14)19-2/h3-9H,10-11,17H2,1-2H3. The highest BCUT2D eigenvalue weighted by Gasteiger charge is 2.09. The van der Waals surface area contributed by atoms with Gasteiger partial charge in [-0.1, -0.05) is 35.9 Å². The van der Waals surface area contributed by atoms with E-state index in [0.717, 1.165) is 11.1 Å². The Hall–Kier alpha value is -1.81. The number of aryl methyl sites for hydroxylation is 1. The number of ether oxygens (including phenoxy) is 1. The molecule has 0 radical (unpaired) electrons. The lowest BCUT2D eigenvalue weighted by atomic mass is 10.2. The Morgan fingerprint density at radius 1 is 1.15 bits per heavy atom. The van der Waals surface area contributed by atoms with Gasteiger partial charge in [-0.25, -0.2) is 0 Å². The molecule has 1 unspecified atom stereocenters. The molecule has 4 heteroatoms. The maximum absolute atomic E-state index is 12.3. The van der Waals surface area contributed by atoms with Crippen LogP contribution in [0.4, 0.5) is 5.69 Å². The largest absolute Gasteiger partial charge is 0.496 e. The van der Waals surface area contributed by atoms with E-state index in [1.807, 2.05) is 37.3 Å². The fourth-order valence-electron chi connectivity index (χ4n) is 2.09. The molecule has 0 saturated carbocycles. The van der Waals surface area contributed by atoms with Crippen LogP contribution in [0.5, 0.6) is 5.75 Å². The summed E-state index contributed by atoms with van der Waals surface area (Å²) < 4.78 is 17.6. The quantitative estimate of drug-likeness (QED) is 0.861. The third kappa shape index (κ3) is 3.84. The van der Waals surface area contributed by atoms with Crippen LogP contribution in [-0.4, -0.2) is 11.3 Å². The Morgan fingerprint density at radius 3 is 2.65 bits per heavy atom.